The van der Waals surface area contributed by atoms with Gasteiger partial charge in [-0.15, -0.1) is 6.58 Å². The number of carboxylic acids is 1. The number of fused-ring (bicyclic) bond motifs is 1. The Bertz CT molecular complexity index is 848. The van der Waals surface area contributed by atoms with E-state index < -0.39 is 28.3 Å². The Hall–Kier alpha value is -2.39. The Balaban J connectivity index is 2.49. The zero-order chi connectivity index (χ0) is 15.6. The summed E-state index contributed by atoms with van der Waals surface area (Å²) in [6, 6.07) is 3.81. The molecule has 0 saturated heterocycles. The Morgan fingerprint density at radius 3 is 2.81 bits per heavy atom. The van der Waals surface area contributed by atoms with E-state index >= 15 is 0 Å². The second-order valence-corrected chi connectivity index (χ2v) is 6.09. The lowest BCUT2D eigenvalue weighted by atomic mass is 10.3. The molecule has 1 aromatic carbocycles. The summed E-state index contributed by atoms with van der Waals surface area (Å²) in [5, 5.41) is 8.79. The number of rotatable bonds is 6. The number of sulfonamides is 1. The first kappa shape index (κ1) is 15.0. The molecule has 8 nitrogen and oxygen atoms in total. The van der Waals surface area contributed by atoms with Gasteiger partial charge >= 0.3 is 11.7 Å². The maximum atomic E-state index is 12.4. The van der Waals surface area contributed by atoms with Crippen LogP contribution in [0.5, 0.6) is 0 Å². The van der Waals surface area contributed by atoms with Crippen LogP contribution < -0.4 is 5.76 Å². The standard InChI is InChI=1S/C12H12N2O6S/c1-2-5-14(7-11(15)16)21(18,19)8-3-4-9-10(6-8)20-12(17)13-9/h2-4,6H,1,5,7H2,(H,13,17)(H,15,16). The van der Waals surface area contributed by atoms with Crippen LogP contribution in [0, 0.1) is 0 Å². The average molecular weight is 312 g/mol. The molecule has 1 aromatic heterocycles. The molecule has 0 radical (unpaired) electrons. The minimum Gasteiger partial charge on any atom is -0.480 e. The summed E-state index contributed by atoms with van der Waals surface area (Å²) in [4.78, 5) is 24.0. The first-order valence-electron chi connectivity index (χ1n) is 5.80. The lowest BCUT2D eigenvalue weighted by molar-refractivity contribution is -0.137. The third-order valence-corrected chi connectivity index (χ3v) is 4.48. The van der Waals surface area contributed by atoms with E-state index in [2.05, 4.69) is 11.6 Å². The summed E-state index contributed by atoms with van der Waals surface area (Å²) >= 11 is 0. The van der Waals surface area contributed by atoms with E-state index in [0.29, 0.717) is 5.52 Å². The third kappa shape index (κ3) is 3.03. The predicted molar refractivity (Wildman–Crippen MR) is 73.4 cm³/mol. The van der Waals surface area contributed by atoms with Gasteiger partial charge in [0, 0.05) is 12.6 Å². The van der Waals surface area contributed by atoms with Crippen molar-refractivity contribution in [1.82, 2.24) is 9.29 Å². The van der Waals surface area contributed by atoms with Crippen LogP contribution in [0.2, 0.25) is 0 Å². The maximum absolute atomic E-state index is 12.4. The topological polar surface area (TPSA) is 121 Å². The lowest BCUT2D eigenvalue weighted by Crippen LogP contribution is -2.35. The van der Waals surface area contributed by atoms with Gasteiger partial charge in [0.1, 0.15) is 6.54 Å². The van der Waals surface area contributed by atoms with E-state index in [0.717, 1.165) is 4.31 Å². The van der Waals surface area contributed by atoms with Crippen LogP contribution >= 0.6 is 0 Å². The van der Waals surface area contributed by atoms with Crippen LogP contribution in [-0.4, -0.2) is 41.9 Å². The van der Waals surface area contributed by atoms with E-state index in [1.165, 1.54) is 24.3 Å². The molecule has 0 aliphatic heterocycles. The number of carboxylic acid groups (broad SMARTS) is 1. The normalized spacial score (nSPS) is 11.9. The van der Waals surface area contributed by atoms with Crippen molar-refractivity contribution in [2.24, 2.45) is 0 Å². The number of H-pyrrole nitrogens is 1. The van der Waals surface area contributed by atoms with Crippen molar-refractivity contribution < 1.29 is 22.7 Å². The largest absolute Gasteiger partial charge is 0.480 e. The summed E-state index contributed by atoms with van der Waals surface area (Å²) in [6.45, 7) is 2.56. The zero-order valence-corrected chi connectivity index (χ0v) is 11.6. The van der Waals surface area contributed by atoms with E-state index in [4.69, 9.17) is 9.52 Å². The van der Waals surface area contributed by atoms with Crippen LogP contribution in [0.4, 0.5) is 0 Å². The minimum atomic E-state index is -4.04. The zero-order valence-electron chi connectivity index (χ0n) is 10.8. The van der Waals surface area contributed by atoms with Gasteiger partial charge in [-0.2, -0.15) is 4.31 Å². The highest BCUT2D eigenvalue weighted by molar-refractivity contribution is 7.89. The van der Waals surface area contributed by atoms with E-state index in [9.17, 15) is 18.0 Å². The van der Waals surface area contributed by atoms with E-state index in [-0.39, 0.29) is 17.0 Å². The quantitative estimate of drug-likeness (QED) is 0.744. The highest BCUT2D eigenvalue weighted by atomic mass is 32.2. The Morgan fingerprint density at radius 1 is 1.48 bits per heavy atom. The summed E-state index contributed by atoms with van der Waals surface area (Å²) in [6.07, 6.45) is 1.29. The number of benzene rings is 1. The Kier molecular flexibility index (Phi) is 3.96. The SMILES string of the molecule is C=CCN(CC(=O)O)S(=O)(=O)c1ccc2[nH]c(=O)oc2c1. The number of aliphatic carboxylic acids is 1. The van der Waals surface area contributed by atoms with Crippen LogP contribution in [-0.2, 0) is 14.8 Å². The molecule has 2 aromatic rings. The first-order chi connectivity index (χ1) is 9.84. The van der Waals surface area contributed by atoms with Crippen molar-refractivity contribution >= 4 is 27.1 Å². The summed E-state index contributed by atoms with van der Waals surface area (Å²) in [7, 11) is -4.04. The fraction of sp³-hybridized carbons (Fsp3) is 0.167. The molecule has 112 valence electrons. The predicted octanol–water partition coefficient (Wildman–Crippen LogP) is 0.382. The van der Waals surface area contributed by atoms with Gasteiger partial charge in [0.25, 0.3) is 0 Å². The van der Waals surface area contributed by atoms with Crippen LogP contribution in [0.25, 0.3) is 11.1 Å². The number of hydrogen-bond donors (Lipinski definition) is 2. The van der Waals surface area contributed by atoms with Gasteiger partial charge in [0.2, 0.25) is 10.0 Å². The smallest absolute Gasteiger partial charge is 0.417 e. The highest BCUT2D eigenvalue weighted by Crippen LogP contribution is 2.20. The third-order valence-electron chi connectivity index (χ3n) is 2.67. The maximum Gasteiger partial charge on any atom is 0.417 e. The molecule has 0 saturated carbocycles. The fourth-order valence-corrected chi connectivity index (χ4v) is 3.15. The molecule has 1 heterocycles. The number of carbonyl (C=O) groups is 1. The molecule has 2 N–H and O–H groups in total. The second kappa shape index (κ2) is 5.54. The molecular formula is C12H12N2O6S. The average Bonchev–Trinajstić information content (AvgIpc) is 2.76. The number of aromatic amines is 1. The van der Waals surface area contributed by atoms with Crippen molar-refractivity contribution in [3.8, 4) is 0 Å². The number of aromatic nitrogens is 1. The molecule has 0 spiro atoms. The molecule has 0 fully saturated rings. The van der Waals surface area contributed by atoms with Gasteiger partial charge in [-0.25, -0.2) is 13.2 Å². The van der Waals surface area contributed by atoms with Gasteiger partial charge in [-0.05, 0) is 12.1 Å². The van der Waals surface area contributed by atoms with Crippen molar-refractivity contribution in [2.75, 3.05) is 13.1 Å². The Morgan fingerprint density at radius 2 is 2.19 bits per heavy atom. The molecule has 0 amide bonds. The number of nitrogens with one attached hydrogen (secondary N) is 1. The molecule has 0 aliphatic carbocycles. The van der Waals surface area contributed by atoms with Gasteiger partial charge in [-0.3, -0.25) is 9.78 Å². The molecular weight excluding hydrogens is 300 g/mol. The van der Waals surface area contributed by atoms with E-state index in [1.807, 2.05) is 0 Å². The van der Waals surface area contributed by atoms with Gasteiger partial charge in [0.05, 0.1) is 10.4 Å². The van der Waals surface area contributed by atoms with Gasteiger partial charge in [0.15, 0.2) is 5.58 Å². The minimum absolute atomic E-state index is 0.0787. The number of oxazole rings is 1. The summed E-state index contributed by atoms with van der Waals surface area (Å²) in [5.74, 6) is -1.98. The Labute approximate surface area is 119 Å². The molecule has 0 unspecified atom stereocenters. The molecule has 2 rings (SSSR count). The number of nitrogens with zero attached hydrogens (tertiary/aromatic N) is 1. The highest BCUT2D eigenvalue weighted by Gasteiger charge is 2.26. The fourth-order valence-electron chi connectivity index (χ4n) is 1.78. The van der Waals surface area contributed by atoms with Crippen molar-refractivity contribution in [2.45, 2.75) is 4.90 Å². The van der Waals surface area contributed by atoms with Gasteiger partial charge in [-0.1, -0.05) is 6.08 Å². The van der Waals surface area contributed by atoms with Crippen molar-refractivity contribution in [3.63, 3.8) is 0 Å². The van der Waals surface area contributed by atoms with Crippen molar-refractivity contribution in [1.29, 1.82) is 0 Å². The molecule has 0 bridgehead atoms. The molecule has 21 heavy (non-hydrogen) atoms. The van der Waals surface area contributed by atoms with Crippen LogP contribution in [0.15, 0.2) is 45.0 Å². The molecule has 0 atom stereocenters. The summed E-state index contributed by atoms with van der Waals surface area (Å²) < 4.78 is 30.3. The molecule has 9 heteroatoms. The van der Waals surface area contributed by atoms with Crippen LogP contribution in [0.3, 0.4) is 0 Å². The van der Waals surface area contributed by atoms with E-state index in [1.54, 1.807) is 0 Å². The summed E-state index contributed by atoms with van der Waals surface area (Å²) in [5.41, 5.74) is 0.433. The number of hydrogen-bond acceptors (Lipinski definition) is 5. The van der Waals surface area contributed by atoms with Crippen molar-refractivity contribution in [3.05, 3.63) is 41.4 Å². The van der Waals surface area contributed by atoms with Gasteiger partial charge < -0.3 is 9.52 Å². The first-order valence-corrected chi connectivity index (χ1v) is 7.24. The monoisotopic (exact) mass is 312 g/mol. The lowest BCUT2D eigenvalue weighted by Gasteiger charge is -2.18. The van der Waals surface area contributed by atoms with Crippen LogP contribution in [0.1, 0.15) is 0 Å². The molecule has 0 aliphatic rings. The second-order valence-electron chi connectivity index (χ2n) is 4.15.